The molecule has 29 heavy (non-hydrogen) atoms. The van der Waals surface area contributed by atoms with Crippen LogP contribution in [0.5, 0.6) is 0 Å². The number of nitrogens with zero attached hydrogens (tertiary/aromatic N) is 4. The summed E-state index contributed by atoms with van der Waals surface area (Å²) < 4.78 is 5.04. The largest absolute Gasteiger partial charge is 0.353 e. The lowest BCUT2D eigenvalue weighted by molar-refractivity contribution is -0.127. The number of amides is 1. The number of piperidine rings is 1. The highest BCUT2D eigenvalue weighted by molar-refractivity contribution is 7.71. The van der Waals surface area contributed by atoms with E-state index in [2.05, 4.69) is 53.1 Å². The number of carbonyl (C=O) groups excluding carboxylic acids is 1. The number of carbonyl (C=O) groups is 1. The minimum atomic E-state index is 0.117. The van der Waals surface area contributed by atoms with Crippen molar-refractivity contribution in [3.63, 3.8) is 0 Å². The third-order valence-electron chi connectivity index (χ3n) is 6.19. The maximum Gasteiger partial charge on any atom is 0.223 e. The molecule has 1 atom stereocenters. The lowest BCUT2D eigenvalue weighted by Gasteiger charge is -2.32. The lowest BCUT2D eigenvalue weighted by Crippen LogP contribution is -2.44. The molecule has 3 heterocycles. The molecule has 1 N–H and O–H groups in total. The summed E-state index contributed by atoms with van der Waals surface area (Å²) in [5, 5.41) is 10.1. The molecule has 1 saturated heterocycles. The van der Waals surface area contributed by atoms with E-state index in [-0.39, 0.29) is 17.9 Å². The summed E-state index contributed by atoms with van der Waals surface area (Å²) in [6.07, 6.45) is 4.16. The normalized spacial score (nSPS) is 19.6. The fourth-order valence-corrected chi connectivity index (χ4v) is 4.82. The first-order chi connectivity index (χ1) is 13.9. The second-order valence-corrected chi connectivity index (χ2v) is 10.1. The number of hydrogen-bond acceptors (Lipinski definition) is 5. The van der Waals surface area contributed by atoms with Crippen LogP contribution in [-0.4, -0.2) is 44.3 Å². The Labute approximate surface area is 181 Å². The molecule has 1 aliphatic carbocycles. The van der Waals surface area contributed by atoms with Gasteiger partial charge in [0.15, 0.2) is 10.6 Å². The zero-order valence-electron chi connectivity index (χ0n) is 17.5. The molecular weight excluding hydrogens is 402 g/mol. The summed E-state index contributed by atoms with van der Waals surface area (Å²) in [6.45, 7) is 8.88. The standard InChI is InChI=1S/C21H31N5OS2/c1-14(2)15(3)22-20(27)16-8-10-24(11-9-16)13-25-21(28)26(17-6-7-17)19(23-25)18-5-4-12-29-18/h4-5,12,14-17H,6-11,13H2,1-3H3,(H,22,27). The van der Waals surface area contributed by atoms with Crippen molar-refractivity contribution in [1.82, 2.24) is 24.6 Å². The van der Waals surface area contributed by atoms with Gasteiger partial charge in [-0.3, -0.25) is 14.3 Å². The maximum atomic E-state index is 12.5. The average molecular weight is 434 g/mol. The van der Waals surface area contributed by atoms with E-state index >= 15 is 0 Å². The van der Waals surface area contributed by atoms with E-state index in [4.69, 9.17) is 17.3 Å². The molecule has 1 aliphatic heterocycles. The highest BCUT2D eigenvalue weighted by Gasteiger charge is 2.31. The van der Waals surface area contributed by atoms with E-state index in [1.807, 2.05) is 4.68 Å². The van der Waals surface area contributed by atoms with Crippen molar-refractivity contribution < 1.29 is 4.79 Å². The Balaban J connectivity index is 1.39. The second kappa shape index (κ2) is 8.70. The maximum absolute atomic E-state index is 12.5. The predicted molar refractivity (Wildman–Crippen MR) is 119 cm³/mol. The number of thiophene rings is 1. The molecule has 0 aromatic carbocycles. The molecule has 2 aliphatic rings. The number of rotatable bonds is 7. The van der Waals surface area contributed by atoms with Gasteiger partial charge in [-0.2, -0.15) is 0 Å². The fourth-order valence-electron chi connectivity index (χ4n) is 3.78. The molecule has 158 valence electrons. The fraction of sp³-hybridized carbons (Fsp3) is 0.667. The first-order valence-corrected chi connectivity index (χ1v) is 12.0. The lowest BCUT2D eigenvalue weighted by atomic mass is 9.95. The highest BCUT2D eigenvalue weighted by Crippen LogP contribution is 2.39. The Hall–Kier alpha value is -1.51. The van der Waals surface area contributed by atoms with E-state index in [0.717, 1.165) is 36.5 Å². The van der Waals surface area contributed by atoms with Crippen LogP contribution in [0.25, 0.3) is 10.7 Å². The van der Waals surface area contributed by atoms with Crippen LogP contribution in [0.3, 0.4) is 0 Å². The number of likely N-dealkylation sites (tertiary alicyclic amines) is 1. The molecule has 2 aromatic rings. The number of nitrogens with one attached hydrogen (secondary N) is 1. The van der Waals surface area contributed by atoms with Crippen molar-refractivity contribution in [3.8, 4) is 10.7 Å². The van der Waals surface area contributed by atoms with E-state index in [0.29, 0.717) is 18.6 Å². The van der Waals surface area contributed by atoms with Crippen molar-refractivity contribution in [3.05, 3.63) is 22.3 Å². The first-order valence-electron chi connectivity index (χ1n) is 10.7. The molecular formula is C21H31N5OS2. The van der Waals surface area contributed by atoms with Gasteiger partial charge in [0.25, 0.3) is 0 Å². The van der Waals surface area contributed by atoms with Crippen LogP contribution in [0.4, 0.5) is 0 Å². The Morgan fingerprint density at radius 1 is 1.28 bits per heavy atom. The summed E-state index contributed by atoms with van der Waals surface area (Å²) in [6, 6.07) is 4.91. The van der Waals surface area contributed by atoms with Gasteiger partial charge in [-0.15, -0.1) is 16.4 Å². The number of hydrogen-bond donors (Lipinski definition) is 1. The second-order valence-electron chi connectivity index (χ2n) is 8.76. The molecule has 1 unspecified atom stereocenters. The molecule has 1 amide bonds. The molecule has 4 rings (SSSR count). The molecule has 2 fully saturated rings. The van der Waals surface area contributed by atoms with Crippen molar-refractivity contribution in [2.24, 2.45) is 11.8 Å². The van der Waals surface area contributed by atoms with Crippen LogP contribution in [-0.2, 0) is 11.5 Å². The Bertz CT molecular complexity index is 889. The monoisotopic (exact) mass is 433 g/mol. The summed E-state index contributed by atoms with van der Waals surface area (Å²) in [5.74, 6) is 1.79. The van der Waals surface area contributed by atoms with Crippen molar-refractivity contribution in [2.45, 2.75) is 65.2 Å². The SMILES string of the molecule is CC(C)C(C)NC(=O)C1CCN(Cn2nc(-c3cccs3)n(C3CC3)c2=S)CC1. The van der Waals surface area contributed by atoms with E-state index in [1.165, 1.54) is 17.7 Å². The van der Waals surface area contributed by atoms with Gasteiger partial charge in [0.1, 0.15) is 0 Å². The van der Waals surface area contributed by atoms with E-state index < -0.39 is 0 Å². The van der Waals surface area contributed by atoms with Crippen LogP contribution in [0.15, 0.2) is 17.5 Å². The zero-order valence-corrected chi connectivity index (χ0v) is 19.1. The van der Waals surface area contributed by atoms with Crippen molar-refractivity contribution in [2.75, 3.05) is 13.1 Å². The summed E-state index contributed by atoms with van der Waals surface area (Å²) >= 11 is 7.50. The zero-order chi connectivity index (χ0) is 20.5. The van der Waals surface area contributed by atoms with E-state index in [9.17, 15) is 4.79 Å². The predicted octanol–water partition coefficient (Wildman–Crippen LogP) is 4.31. The molecule has 0 bridgehead atoms. The smallest absolute Gasteiger partial charge is 0.223 e. The van der Waals surface area contributed by atoms with Gasteiger partial charge < -0.3 is 5.32 Å². The molecule has 0 radical (unpaired) electrons. The Kier molecular flexibility index (Phi) is 6.22. The molecule has 1 saturated carbocycles. The van der Waals surface area contributed by atoms with Crippen molar-refractivity contribution >= 4 is 29.5 Å². The van der Waals surface area contributed by atoms with Crippen LogP contribution < -0.4 is 5.32 Å². The third-order valence-corrected chi connectivity index (χ3v) is 7.46. The summed E-state index contributed by atoms with van der Waals surface area (Å²) in [7, 11) is 0. The van der Waals surface area contributed by atoms with Gasteiger partial charge >= 0.3 is 0 Å². The Morgan fingerprint density at radius 3 is 2.59 bits per heavy atom. The van der Waals surface area contributed by atoms with E-state index in [1.54, 1.807) is 11.3 Å². The van der Waals surface area contributed by atoms with Gasteiger partial charge in [-0.25, -0.2) is 4.68 Å². The quantitative estimate of drug-likeness (QED) is 0.661. The van der Waals surface area contributed by atoms with Gasteiger partial charge in [-0.1, -0.05) is 19.9 Å². The van der Waals surface area contributed by atoms with Crippen LogP contribution in [0.1, 0.15) is 52.5 Å². The summed E-state index contributed by atoms with van der Waals surface area (Å²) in [4.78, 5) is 16.1. The van der Waals surface area contributed by atoms with Gasteiger partial charge in [0.05, 0.1) is 11.5 Å². The minimum Gasteiger partial charge on any atom is -0.353 e. The van der Waals surface area contributed by atoms with Crippen LogP contribution >= 0.6 is 23.6 Å². The molecule has 2 aromatic heterocycles. The molecule has 0 spiro atoms. The Morgan fingerprint density at radius 2 is 2.00 bits per heavy atom. The first kappa shape index (κ1) is 20.8. The van der Waals surface area contributed by atoms with Crippen molar-refractivity contribution in [1.29, 1.82) is 0 Å². The number of aromatic nitrogens is 3. The van der Waals surface area contributed by atoms with Gasteiger partial charge in [0, 0.05) is 31.1 Å². The topological polar surface area (TPSA) is 55.1 Å². The van der Waals surface area contributed by atoms with Crippen LogP contribution in [0.2, 0.25) is 0 Å². The molecule has 8 heteroatoms. The summed E-state index contributed by atoms with van der Waals surface area (Å²) in [5.41, 5.74) is 0. The minimum absolute atomic E-state index is 0.117. The highest BCUT2D eigenvalue weighted by atomic mass is 32.1. The van der Waals surface area contributed by atoms with Gasteiger partial charge in [0.2, 0.25) is 5.91 Å². The van der Waals surface area contributed by atoms with Gasteiger partial charge in [-0.05, 0) is 62.2 Å². The average Bonchev–Trinajstić information content (AvgIpc) is 3.28. The molecule has 6 nitrogen and oxygen atoms in total. The van der Waals surface area contributed by atoms with Crippen LogP contribution in [0, 0.1) is 16.6 Å². The third kappa shape index (κ3) is 4.64.